The summed E-state index contributed by atoms with van der Waals surface area (Å²) in [5, 5.41) is 0. The van der Waals surface area contributed by atoms with Crippen LogP contribution in [0, 0.1) is 0 Å². The van der Waals surface area contributed by atoms with Crippen molar-refractivity contribution in [2.45, 2.75) is 161 Å². The number of phosphoric ester groups is 1. The number of carbonyl (C=O) groups excluding carboxylic acids is 2. The van der Waals surface area contributed by atoms with Crippen molar-refractivity contribution in [2.75, 3.05) is 13.2 Å². The van der Waals surface area contributed by atoms with Crippen molar-refractivity contribution < 1.29 is 37.9 Å². The molecule has 2 N–H and O–H groups in total. The molecule has 0 heterocycles. The summed E-state index contributed by atoms with van der Waals surface area (Å²) in [5.41, 5.74) is 0. The van der Waals surface area contributed by atoms with E-state index in [-0.39, 0.29) is 13.0 Å². The molecule has 0 saturated heterocycles. The zero-order valence-electron chi connectivity index (χ0n) is 32.4. The zero-order valence-corrected chi connectivity index (χ0v) is 33.3. The van der Waals surface area contributed by atoms with Crippen LogP contribution in [-0.4, -0.2) is 41.0 Å². The molecule has 9 heteroatoms. The molecule has 52 heavy (non-hydrogen) atoms. The first-order valence-electron chi connectivity index (χ1n) is 19.9. The summed E-state index contributed by atoms with van der Waals surface area (Å²) in [6.07, 6.45) is 50.7. The van der Waals surface area contributed by atoms with E-state index in [0.717, 1.165) is 64.2 Å². The van der Waals surface area contributed by atoms with Crippen LogP contribution in [0.4, 0.5) is 0 Å². The number of hydrogen-bond acceptors (Lipinski definition) is 6. The Morgan fingerprint density at radius 2 is 1.06 bits per heavy atom. The molecule has 0 aliphatic rings. The minimum Gasteiger partial charge on any atom is -0.458 e. The summed E-state index contributed by atoms with van der Waals surface area (Å²) in [6, 6.07) is 0. The number of hydrogen-bond donors (Lipinski definition) is 2. The second kappa shape index (κ2) is 38.0. The fourth-order valence-electron chi connectivity index (χ4n) is 5.08. The molecule has 0 amide bonds. The largest absolute Gasteiger partial charge is 0.469 e. The van der Waals surface area contributed by atoms with Gasteiger partial charge in [0.1, 0.15) is 6.61 Å². The molecule has 8 nitrogen and oxygen atoms in total. The van der Waals surface area contributed by atoms with Gasteiger partial charge in [0.15, 0.2) is 6.10 Å². The zero-order chi connectivity index (χ0) is 38.2. The van der Waals surface area contributed by atoms with Crippen LogP contribution < -0.4 is 0 Å². The molecular weight excluding hydrogens is 675 g/mol. The van der Waals surface area contributed by atoms with Gasteiger partial charge in [-0.2, -0.15) is 0 Å². The fraction of sp³-hybridized carbons (Fsp3) is 0.628. The smallest absolute Gasteiger partial charge is 0.458 e. The SMILES string of the molecule is CC/C=C/C/C=C/C/C=C/C/C=C/C/C=C/CCCCCC(=O)O[C@H](COC(=O)/C=C/C=C/CCCCCCCCCCCCC)COP(=O)(O)O. The number of esters is 2. The summed E-state index contributed by atoms with van der Waals surface area (Å²) < 4.78 is 26.1. The summed E-state index contributed by atoms with van der Waals surface area (Å²) in [6.45, 7) is 3.42. The van der Waals surface area contributed by atoms with E-state index in [2.05, 4.69) is 79.1 Å². The van der Waals surface area contributed by atoms with Gasteiger partial charge in [-0.3, -0.25) is 9.32 Å². The highest BCUT2D eigenvalue weighted by atomic mass is 31.2. The van der Waals surface area contributed by atoms with Crippen LogP contribution in [0.2, 0.25) is 0 Å². The number of carbonyl (C=O) groups is 2. The molecule has 0 fully saturated rings. The molecule has 0 aromatic carbocycles. The van der Waals surface area contributed by atoms with Crippen molar-refractivity contribution >= 4 is 19.8 Å². The van der Waals surface area contributed by atoms with E-state index in [0.29, 0.717) is 6.42 Å². The van der Waals surface area contributed by atoms with E-state index in [1.807, 2.05) is 6.08 Å². The topological polar surface area (TPSA) is 119 Å². The molecular formula is C43H71O8P. The molecule has 1 atom stereocenters. The molecule has 0 unspecified atom stereocenters. The third-order valence-corrected chi connectivity index (χ3v) is 8.49. The highest BCUT2D eigenvalue weighted by Gasteiger charge is 2.22. The lowest BCUT2D eigenvalue weighted by Gasteiger charge is -2.18. The number of ether oxygens (including phenoxy) is 2. The van der Waals surface area contributed by atoms with E-state index >= 15 is 0 Å². The molecule has 0 spiro atoms. The summed E-state index contributed by atoms with van der Waals surface area (Å²) in [4.78, 5) is 42.6. The number of allylic oxidation sites excluding steroid dienone is 13. The van der Waals surface area contributed by atoms with E-state index in [1.54, 1.807) is 12.2 Å². The van der Waals surface area contributed by atoms with Gasteiger partial charge >= 0.3 is 19.8 Å². The standard InChI is InChI=1S/C43H71O8P/c1-3-5-7-9-11-13-15-17-19-20-21-22-24-26-28-30-32-34-36-38-43(45)51-41(40-50-52(46,47)48)39-49-42(44)37-35-33-31-29-27-25-23-18-16-14-12-10-8-6-4-2/h5,7,11,13,17,19,21-22,26,28,31,33,35,37,41H,3-4,6,8-10,12,14-16,18,20,23-25,27,29-30,32,34,36,38-40H2,1-2H3,(H2,46,47,48)/b7-5+,13-11+,19-17+,22-21+,28-26+,33-31+,37-35+/t41-/m1/s1. The maximum atomic E-state index is 12.4. The van der Waals surface area contributed by atoms with Crippen LogP contribution in [0.25, 0.3) is 0 Å². The molecule has 0 saturated carbocycles. The van der Waals surface area contributed by atoms with Crippen molar-refractivity contribution in [3.8, 4) is 0 Å². The quantitative estimate of drug-likeness (QED) is 0.0164. The Balaban J connectivity index is 4.13. The van der Waals surface area contributed by atoms with Gasteiger partial charge < -0.3 is 19.3 Å². The number of rotatable bonds is 35. The maximum Gasteiger partial charge on any atom is 0.469 e. The minimum absolute atomic E-state index is 0.149. The maximum absolute atomic E-state index is 12.4. The monoisotopic (exact) mass is 746 g/mol. The summed E-state index contributed by atoms with van der Waals surface area (Å²) in [7, 11) is -4.79. The van der Waals surface area contributed by atoms with Crippen LogP contribution in [0.5, 0.6) is 0 Å². The van der Waals surface area contributed by atoms with Gasteiger partial charge in [-0.1, -0.05) is 163 Å². The van der Waals surface area contributed by atoms with Gasteiger partial charge in [0.05, 0.1) is 6.61 Å². The van der Waals surface area contributed by atoms with Crippen molar-refractivity contribution in [2.24, 2.45) is 0 Å². The first kappa shape index (κ1) is 49.2. The van der Waals surface area contributed by atoms with E-state index in [9.17, 15) is 14.2 Å². The van der Waals surface area contributed by atoms with Crippen molar-refractivity contribution in [1.82, 2.24) is 0 Å². The van der Waals surface area contributed by atoms with Crippen molar-refractivity contribution in [3.63, 3.8) is 0 Å². The Morgan fingerprint density at radius 3 is 1.60 bits per heavy atom. The Labute approximate surface area is 316 Å². The van der Waals surface area contributed by atoms with Crippen LogP contribution in [0.15, 0.2) is 85.1 Å². The van der Waals surface area contributed by atoms with Gasteiger partial charge in [0.25, 0.3) is 0 Å². The second-order valence-corrected chi connectivity index (χ2v) is 14.2. The highest BCUT2D eigenvalue weighted by Crippen LogP contribution is 2.35. The lowest BCUT2D eigenvalue weighted by atomic mass is 10.1. The summed E-state index contributed by atoms with van der Waals surface area (Å²) >= 11 is 0. The third kappa shape index (κ3) is 40.0. The molecule has 0 aliphatic carbocycles. The van der Waals surface area contributed by atoms with Gasteiger partial charge in [0, 0.05) is 12.5 Å². The average Bonchev–Trinajstić information content (AvgIpc) is 3.11. The predicted molar refractivity (Wildman–Crippen MR) is 216 cm³/mol. The molecule has 0 aromatic heterocycles. The number of unbranched alkanes of at least 4 members (excludes halogenated alkanes) is 14. The fourth-order valence-corrected chi connectivity index (χ4v) is 5.44. The van der Waals surface area contributed by atoms with Gasteiger partial charge in [-0.25, -0.2) is 9.36 Å². The van der Waals surface area contributed by atoms with Crippen LogP contribution in [0.1, 0.15) is 155 Å². The predicted octanol–water partition coefficient (Wildman–Crippen LogP) is 12.1. The molecule has 296 valence electrons. The lowest BCUT2D eigenvalue weighted by molar-refractivity contribution is -0.159. The molecule has 0 aromatic rings. The Hall–Kier alpha value is -2.77. The molecule has 0 aliphatic heterocycles. The van der Waals surface area contributed by atoms with Crippen LogP contribution >= 0.6 is 7.82 Å². The van der Waals surface area contributed by atoms with E-state index in [4.69, 9.17) is 19.3 Å². The van der Waals surface area contributed by atoms with Crippen LogP contribution in [0.3, 0.4) is 0 Å². The lowest BCUT2D eigenvalue weighted by Crippen LogP contribution is -2.29. The molecule has 0 radical (unpaired) electrons. The first-order chi connectivity index (χ1) is 25.3. The average molecular weight is 747 g/mol. The third-order valence-electron chi connectivity index (χ3n) is 8.00. The first-order valence-corrected chi connectivity index (χ1v) is 21.5. The van der Waals surface area contributed by atoms with Crippen LogP contribution in [-0.2, 0) is 28.2 Å². The molecule has 0 rings (SSSR count). The van der Waals surface area contributed by atoms with Gasteiger partial charge in [0.2, 0.25) is 0 Å². The second-order valence-electron chi connectivity index (χ2n) is 12.9. The van der Waals surface area contributed by atoms with Gasteiger partial charge in [-0.15, -0.1) is 0 Å². The summed E-state index contributed by atoms with van der Waals surface area (Å²) in [5.74, 6) is -1.18. The minimum atomic E-state index is -4.79. The van der Waals surface area contributed by atoms with Crippen molar-refractivity contribution in [3.05, 3.63) is 85.1 Å². The van der Waals surface area contributed by atoms with Crippen molar-refractivity contribution in [1.29, 1.82) is 0 Å². The Kier molecular flexibility index (Phi) is 35.9. The highest BCUT2D eigenvalue weighted by molar-refractivity contribution is 7.46. The normalized spacial score (nSPS) is 13.4. The Morgan fingerprint density at radius 1 is 0.577 bits per heavy atom. The molecule has 0 bridgehead atoms. The van der Waals surface area contributed by atoms with Gasteiger partial charge in [-0.05, 0) is 64.2 Å². The van der Waals surface area contributed by atoms with E-state index < -0.39 is 32.5 Å². The number of phosphoric acid groups is 1. The van der Waals surface area contributed by atoms with E-state index in [1.165, 1.54) is 70.3 Å². The Bertz CT molecular complexity index is 1110.